The van der Waals surface area contributed by atoms with Gasteiger partial charge in [-0.1, -0.05) is 0 Å². The van der Waals surface area contributed by atoms with Crippen LogP contribution in [0, 0.1) is 0 Å². The van der Waals surface area contributed by atoms with Crippen molar-refractivity contribution >= 4 is 23.2 Å². The molecule has 1 aliphatic rings. The maximum Gasteiger partial charge on any atom is 0.255 e. The smallest absolute Gasteiger partial charge is 0.255 e. The van der Waals surface area contributed by atoms with Crippen molar-refractivity contribution in [2.24, 2.45) is 0 Å². The number of hydrogen-bond donors (Lipinski definition) is 1. The van der Waals surface area contributed by atoms with Gasteiger partial charge in [0.15, 0.2) is 0 Å². The molecule has 142 valence electrons. The van der Waals surface area contributed by atoms with Crippen LogP contribution in [0.1, 0.15) is 23.2 Å². The Bertz CT molecular complexity index is 843. The minimum Gasteiger partial charge on any atom is -0.497 e. The van der Waals surface area contributed by atoms with E-state index in [0.29, 0.717) is 47.2 Å². The van der Waals surface area contributed by atoms with Crippen LogP contribution in [0.15, 0.2) is 36.4 Å². The molecule has 0 radical (unpaired) electrons. The molecule has 0 aliphatic carbocycles. The van der Waals surface area contributed by atoms with Crippen LogP contribution in [0.2, 0.25) is 0 Å². The lowest BCUT2D eigenvalue weighted by Gasteiger charge is -2.20. The molecule has 1 heterocycles. The van der Waals surface area contributed by atoms with E-state index in [1.165, 1.54) is 14.2 Å². The number of rotatable bonds is 6. The van der Waals surface area contributed by atoms with E-state index in [1.807, 2.05) is 0 Å². The van der Waals surface area contributed by atoms with E-state index in [9.17, 15) is 9.59 Å². The Labute approximate surface area is 157 Å². The molecular formula is C20H22N2O5. The molecule has 1 saturated heterocycles. The summed E-state index contributed by atoms with van der Waals surface area (Å²) in [6, 6.07) is 10.2. The molecule has 0 spiro atoms. The molecule has 2 aromatic rings. The number of carbonyl (C=O) groups is 2. The zero-order valence-electron chi connectivity index (χ0n) is 15.6. The van der Waals surface area contributed by atoms with Crippen molar-refractivity contribution in [3.8, 4) is 17.2 Å². The number of ether oxygens (including phenoxy) is 3. The summed E-state index contributed by atoms with van der Waals surface area (Å²) in [5.74, 6) is 1.38. The van der Waals surface area contributed by atoms with Crippen molar-refractivity contribution < 1.29 is 23.8 Å². The van der Waals surface area contributed by atoms with Crippen molar-refractivity contribution in [2.45, 2.75) is 12.8 Å². The highest BCUT2D eigenvalue weighted by Gasteiger charge is 2.25. The van der Waals surface area contributed by atoms with Gasteiger partial charge >= 0.3 is 0 Å². The fourth-order valence-corrected chi connectivity index (χ4v) is 3.02. The number of nitrogens with zero attached hydrogens (tertiary/aromatic N) is 1. The van der Waals surface area contributed by atoms with Crippen LogP contribution in [0.4, 0.5) is 11.4 Å². The Morgan fingerprint density at radius 2 is 1.70 bits per heavy atom. The van der Waals surface area contributed by atoms with E-state index in [2.05, 4.69) is 5.32 Å². The van der Waals surface area contributed by atoms with E-state index in [1.54, 1.807) is 48.4 Å². The number of benzene rings is 2. The molecule has 2 amide bonds. The van der Waals surface area contributed by atoms with Gasteiger partial charge in [0.25, 0.3) is 5.91 Å². The Morgan fingerprint density at radius 3 is 2.26 bits per heavy atom. The Balaban J connectivity index is 1.87. The van der Waals surface area contributed by atoms with Crippen LogP contribution < -0.4 is 24.4 Å². The first-order chi connectivity index (χ1) is 13.0. The summed E-state index contributed by atoms with van der Waals surface area (Å²) < 4.78 is 15.8. The average molecular weight is 370 g/mol. The molecule has 0 saturated carbocycles. The summed E-state index contributed by atoms with van der Waals surface area (Å²) in [5, 5.41) is 2.85. The summed E-state index contributed by atoms with van der Waals surface area (Å²) in [5.41, 5.74) is 1.62. The van der Waals surface area contributed by atoms with Gasteiger partial charge in [0.05, 0.1) is 27.0 Å². The van der Waals surface area contributed by atoms with Gasteiger partial charge in [-0.15, -0.1) is 0 Å². The molecule has 0 aromatic heterocycles. The fourth-order valence-electron chi connectivity index (χ4n) is 3.02. The fraction of sp³-hybridized carbons (Fsp3) is 0.300. The van der Waals surface area contributed by atoms with Gasteiger partial charge in [-0.2, -0.15) is 0 Å². The van der Waals surface area contributed by atoms with Crippen LogP contribution >= 0.6 is 0 Å². The maximum absolute atomic E-state index is 12.7. The zero-order valence-corrected chi connectivity index (χ0v) is 15.6. The minimum atomic E-state index is -0.309. The number of hydrogen-bond acceptors (Lipinski definition) is 5. The van der Waals surface area contributed by atoms with Gasteiger partial charge in [0.1, 0.15) is 17.2 Å². The van der Waals surface area contributed by atoms with Crippen LogP contribution in [-0.2, 0) is 4.79 Å². The molecule has 0 unspecified atom stereocenters. The van der Waals surface area contributed by atoms with Crippen molar-refractivity contribution in [3.63, 3.8) is 0 Å². The van der Waals surface area contributed by atoms with Gasteiger partial charge in [-0.25, -0.2) is 0 Å². The molecular weight excluding hydrogens is 348 g/mol. The second-order valence-corrected chi connectivity index (χ2v) is 6.09. The third kappa shape index (κ3) is 3.97. The van der Waals surface area contributed by atoms with Crippen LogP contribution in [-0.4, -0.2) is 39.7 Å². The predicted octanol–water partition coefficient (Wildman–Crippen LogP) is 3.09. The molecule has 7 heteroatoms. The molecule has 0 atom stereocenters. The summed E-state index contributed by atoms with van der Waals surface area (Å²) in [6.07, 6.45) is 1.32. The molecule has 27 heavy (non-hydrogen) atoms. The molecule has 1 fully saturated rings. The monoisotopic (exact) mass is 370 g/mol. The van der Waals surface area contributed by atoms with Crippen LogP contribution in [0.5, 0.6) is 17.2 Å². The van der Waals surface area contributed by atoms with Crippen molar-refractivity contribution in [1.29, 1.82) is 0 Å². The lowest BCUT2D eigenvalue weighted by molar-refractivity contribution is -0.117. The van der Waals surface area contributed by atoms with Crippen LogP contribution in [0.25, 0.3) is 0 Å². The molecule has 3 rings (SSSR count). The Morgan fingerprint density at radius 1 is 1.00 bits per heavy atom. The summed E-state index contributed by atoms with van der Waals surface area (Å²) >= 11 is 0. The van der Waals surface area contributed by atoms with Gasteiger partial charge in [-0.3, -0.25) is 9.59 Å². The van der Waals surface area contributed by atoms with Gasteiger partial charge in [0.2, 0.25) is 5.91 Å². The normalized spacial score (nSPS) is 13.4. The van der Waals surface area contributed by atoms with Gasteiger partial charge in [-0.05, 0) is 36.8 Å². The number of amides is 2. The third-order valence-electron chi connectivity index (χ3n) is 4.41. The number of carbonyl (C=O) groups excluding carboxylic acids is 2. The zero-order chi connectivity index (χ0) is 19.4. The van der Waals surface area contributed by atoms with Crippen molar-refractivity contribution in [3.05, 3.63) is 42.0 Å². The lowest BCUT2D eigenvalue weighted by Crippen LogP contribution is -2.24. The van der Waals surface area contributed by atoms with Gasteiger partial charge in [0, 0.05) is 30.3 Å². The summed E-state index contributed by atoms with van der Waals surface area (Å²) in [4.78, 5) is 26.4. The second-order valence-electron chi connectivity index (χ2n) is 6.09. The van der Waals surface area contributed by atoms with E-state index in [4.69, 9.17) is 14.2 Å². The maximum atomic E-state index is 12.7. The SMILES string of the molecule is COc1cc(OC)cc(C(=O)Nc2ccc(OC)c(N3CCCC3=O)c2)c1. The highest BCUT2D eigenvalue weighted by atomic mass is 16.5. The minimum absolute atomic E-state index is 0.0503. The van der Waals surface area contributed by atoms with Crippen molar-refractivity contribution in [1.82, 2.24) is 0 Å². The van der Waals surface area contributed by atoms with Crippen LogP contribution in [0.3, 0.4) is 0 Å². The summed E-state index contributed by atoms with van der Waals surface area (Å²) in [7, 11) is 4.61. The third-order valence-corrected chi connectivity index (χ3v) is 4.41. The topological polar surface area (TPSA) is 77.1 Å². The second kappa shape index (κ2) is 7.99. The van der Waals surface area contributed by atoms with E-state index >= 15 is 0 Å². The Kier molecular flexibility index (Phi) is 5.49. The van der Waals surface area contributed by atoms with E-state index in [-0.39, 0.29) is 11.8 Å². The first-order valence-corrected chi connectivity index (χ1v) is 8.58. The van der Waals surface area contributed by atoms with Crippen molar-refractivity contribution in [2.75, 3.05) is 38.1 Å². The molecule has 7 nitrogen and oxygen atoms in total. The molecule has 0 bridgehead atoms. The van der Waals surface area contributed by atoms with E-state index in [0.717, 1.165) is 6.42 Å². The number of methoxy groups -OCH3 is 3. The summed E-state index contributed by atoms with van der Waals surface area (Å²) in [6.45, 7) is 0.639. The number of anilines is 2. The van der Waals surface area contributed by atoms with E-state index < -0.39 is 0 Å². The Hall–Kier alpha value is -3.22. The van der Waals surface area contributed by atoms with Gasteiger partial charge < -0.3 is 24.4 Å². The lowest BCUT2D eigenvalue weighted by atomic mass is 10.1. The first kappa shape index (κ1) is 18.6. The highest BCUT2D eigenvalue weighted by molar-refractivity contribution is 6.05. The highest BCUT2D eigenvalue weighted by Crippen LogP contribution is 2.34. The average Bonchev–Trinajstić information content (AvgIpc) is 3.13. The first-order valence-electron chi connectivity index (χ1n) is 8.58. The largest absolute Gasteiger partial charge is 0.497 e. The number of nitrogens with one attached hydrogen (secondary N) is 1. The molecule has 1 N–H and O–H groups in total. The molecule has 2 aromatic carbocycles. The predicted molar refractivity (Wildman–Crippen MR) is 102 cm³/mol. The molecule has 1 aliphatic heterocycles. The quantitative estimate of drug-likeness (QED) is 0.846. The standard InChI is InChI=1S/C20H22N2O5/c1-25-15-9-13(10-16(12-15)26-2)20(24)21-14-6-7-18(27-3)17(11-14)22-8-4-5-19(22)23/h6-7,9-12H,4-5,8H2,1-3H3,(H,21,24).